The molecule has 9 nitrogen and oxygen atoms in total. The maximum atomic E-state index is 14.0. The zero-order chi connectivity index (χ0) is 37.9. The van der Waals surface area contributed by atoms with Crippen LogP contribution in [0.4, 0.5) is 11.4 Å². The highest BCUT2D eigenvalue weighted by molar-refractivity contribution is 6.10. The van der Waals surface area contributed by atoms with E-state index < -0.39 is 5.91 Å². The molecule has 276 valence electrons. The van der Waals surface area contributed by atoms with Crippen molar-refractivity contribution in [3.8, 4) is 11.5 Å². The minimum absolute atomic E-state index is 0.0855. The van der Waals surface area contributed by atoms with Crippen LogP contribution in [0.1, 0.15) is 62.2 Å². The normalized spacial score (nSPS) is 12.8. The second-order valence-electron chi connectivity index (χ2n) is 13.4. The maximum absolute atomic E-state index is 14.0. The molecule has 0 unspecified atom stereocenters. The predicted octanol–water partition coefficient (Wildman–Crippen LogP) is 7.68. The molecule has 54 heavy (non-hydrogen) atoms. The summed E-state index contributed by atoms with van der Waals surface area (Å²) >= 11 is 0. The zero-order valence-electron chi connectivity index (χ0n) is 30.8. The maximum Gasteiger partial charge on any atom is 0.265 e. The summed E-state index contributed by atoms with van der Waals surface area (Å²) in [6.07, 6.45) is 3.45. The number of piperidine rings is 1. The van der Waals surface area contributed by atoms with Crippen LogP contribution in [0.5, 0.6) is 11.5 Å². The number of amides is 2. The summed E-state index contributed by atoms with van der Waals surface area (Å²) in [6, 6.07) is 35.7. The van der Waals surface area contributed by atoms with Crippen LogP contribution in [0.15, 0.2) is 121 Å². The minimum atomic E-state index is -0.397. The Morgan fingerprint density at radius 1 is 0.611 bits per heavy atom. The van der Waals surface area contributed by atoms with Gasteiger partial charge in [0.2, 0.25) is 0 Å². The Hall–Kier alpha value is -6.06. The molecule has 1 fully saturated rings. The van der Waals surface area contributed by atoms with Crippen LogP contribution in [0.3, 0.4) is 0 Å². The second-order valence-corrected chi connectivity index (χ2v) is 13.4. The van der Waals surface area contributed by atoms with E-state index >= 15 is 0 Å². The van der Waals surface area contributed by atoms with Gasteiger partial charge in [0.25, 0.3) is 11.8 Å². The van der Waals surface area contributed by atoms with Crippen LogP contribution in [0.25, 0.3) is 0 Å². The van der Waals surface area contributed by atoms with Crippen molar-refractivity contribution in [1.29, 1.82) is 0 Å². The Balaban J connectivity index is 1.13. The topological polar surface area (TPSA) is 105 Å². The van der Waals surface area contributed by atoms with Crippen molar-refractivity contribution in [2.75, 3.05) is 49.6 Å². The van der Waals surface area contributed by atoms with Crippen molar-refractivity contribution < 1.29 is 28.7 Å². The lowest BCUT2D eigenvalue weighted by molar-refractivity contribution is -0.121. The first-order chi connectivity index (χ1) is 26.3. The molecule has 6 rings (SSSR count). The molecule has 0 atom stereocenters. The molecule has 0 radical (unpaired) electrons. The van der Waals surface area contributed by atoms with E-state index in [9.17, 15) is 19.2 Å². The van der Waals surface area contributed by atoms with E-state index in [2.05, 4.69) is 10.2 Å². The van der Waals surface area contributed by atoms with Gasteiger partial charge in [-0.3, -0.25) is 19.2 Å². The number of hydrogen-bond donors (Lipinski definition) is 1. The summed E-state index contributed by atoms with van der Waals surface area (Å²) in [6.45, 7) is 6.21. The SMILES string of the molecule is Cc1cc(C(=O)c2ccccc2)ccc1OCC(=O)Nc1ccccc1N(CCN1CCCCC1)C(=O)COc1ccc(C(=O)c2ccccc2)cc1C. The number of benzene rings is 5. The molecule has 1 aliphatic rings. The van der Waals surface area contributed by atoms with Gasteiger partial charge in [-0.2, -0.15) is 0 Å². The molecule has 5 aromatic rings. The van der Waals surface area contributed by atoms with Gasteiger partial charge in [0.1, 0.15) is 11.5 Å². The van der Waals surface area contributed by atoms with Gasteiger partial charge in [-0.25, -0.2) is 0 Å². The van der Waals surface area contributed by atoms with Crippen molar-refractivity contribution in [2.24, 2.45) is 0 Å². The molecule has 1 aliphatic heterocycles. The number of carbonyl (C=O) groups is 4. The quantitative estimate of drug-likeness (QED) is 0.111. The Morgan fingerprint density at radius 2 is 1.13 bits per heavy atom. The lowest BCUT2D eigenvalue weighted by Gasteiger charge is -2.31. The fourth-order valence-electron chi connectivity index (χ4n) is 6.58. The number of anilines is 2. The first kappa shape index (κ1) is 37.7. The summed E-state index contributed by atoms with van der Waals surface area (Å²) < 4.78 is 11.9. The van der Waals surface area contributed by atoms with E-state index in [1.165, 1.54) is 6.42 Å². The monoisotopic (exact) mass is 723 g/mol. The third-order valence-corrected chi connectivity index (χ3v) is 9.51. The van der Waals surface area contributed by atoms with Gasteiger partial charge in [-0.05, 0) is 99.4 Å². The molecule has 1 heterocycles. The number of carbonyl (C=O) groups excluding carboxylic acids is 4. The number of hydrogen-bond acceptors (Lipinski definition) is 7. The summed E-state index contributed by atoms with van der Waals surface area (Å²) in [7, 11) is 0. The molecular formula is C45H45N3O6. The first-order valence-corrected chi connectivity index (χ1v) is 18.3. The van der Waals surface area contributed by atoms with Gasteiger partial charge in [0.15, 0.2) is 24.8 Å². The number of para-hydroxylation sites is 2. The standard InChI is InChI=1S/C45H45N3O6/c1-32-28-36(44(51)34-14-6-3-7-15-34)20-22-40(32)53-30-42(49)46-38-18-10-11-19-39(38)48(27-26-47-24-12-5-13-25-47)43(50)31-54-41-23-21-37(29-33(41)2)45(52)35-16-8-4-9-17-35/h3-4,6-11,14-23,28-29H,5,12-13,24-27,30-31H2,1-2H3,(H,46,49). The molecule has 0 spiro atoms. The van der Waals surface area contributed by atoms with Crippen molar-refractivity contribution in [2.45, 2.75) is 33.1 Å². The van der Waals surface area contributed by atoms with Crippen LogP contribution in [-0.2, 0) is 9.59 Å². The average Bonchev–Trinajstić information content (AvgIpc) is 3.21. The predicted molar refractivity (Wildman–Crippen MR) is 211 cm³/mol. The largest absolute Gasteiger partial charge is 0.483 e. The van der Waals surface area contributed by atoms with Crippen molar-refractivity contribution in [3.05, 3.63) is 155 Å². The van der Waals surface area contributed by atoms with E-state index in [-0.39, 0.29) is 30.7 Å². The number of likely N-dealkylation sites (tertiary alicyclic amines) is 1. The van der Waals surface area contributed by atoms with Crippen LogP contribution in [-0.4, -0.2) is 67.7 Å². The van der Waals surface area contributed by atoms with Gasteiger partial charge >= 0.3 is 0 Å². The van der Waals surface area contributed by atoms with Crippen LogP contribution < -0.4 is 19.7 Å². The first-order valence-electron chi connectivity index (χ1n) is 18.3. The molecule has 1 N–H and O–H groups in total. The Labute approximate surface area is 316 Å². The number of ether oxygens (including phenoxy) is 2. The van der Waals surface area contributed by atoms with E-state index in [1.807, 2.05) is 62.4 Å². The van der Waals surface area contributed by atoms with Crippen molar-refractivity contribution in [1.82, 2.24) is 4.90 Å². The van der Waals surface area contributed by atoms with Gasteiger partial charge in [-0.1, -0.05) is 79.2 Å². The fourth-order valence-corrected chi connectivity index (χ4v) is 6.58. The number of nitrogens with one attached hydrogen (secondary N) is 1. The molecule has 0 bridgehead atoms. The number of rotatable bonds is 15. The Bertz CT molecular complexity index is 2090. The van der Waals surface area contributed by atoms with E-state index in [1.54, 1.807) is 77.7 Å². The van der Waals surface area contributed by atoms with Crippen LogP contribution in [0.2, 0.25) is 0 Å². The molecule has 9 heteroatoms. The Morgan fingerprint density at radius 3 is 1.69 bits per heavy atom. The van der Waals surface area contributed by atoms with E-state index in [0.717, 1.165) is 37.1 Å². The Kier molecular flexibility index (Phi) is 12.6. The molecule has 2 amide bonds. The molecule has 0 aromatic heterocycles. The average molecular weight is 724 g/mol. The fraction of sp³-hybridized carbons (Fsp3) is 0.244. The van der Waals surface area contributed by atoms with Gasteiger partial charge in [0.05, 0.1) is 11.4 Å². The summed E-state index contributed by atoms with van der Waals surface area (Å²) in [5.74, 6) is 0.161. The van der Waals surface area contributed by atoms with Crippen molar-refractivity contribution in [3.63, 3.8) is 0 Å². The highest BCUT2D eigenvalue weighted by Crippen LogP contribution is 2.28. The summed E-state index contributed by atoms with van der Waals surface area (Å²) in [5, 5.41) is 2.94. The van der Waals surface area contributed by atoms with Gasteiger partial charge in [-0.15, -0.1) is 0 Å². The number of ketones is 2. The van der Waals surface area contributed by atoms with E-state index in [0.29, 0.717) is 58.2 Å². The van der Waals surface area contributed by atoms with Gasteiger partial charge in [0, 0.05) is 35.3 Å². The minimum Gasteiger partial charge on any atom is -0.483 e. The zero-order valence-corrected chi connectivity index (χ0v) is 30.8. The summed E-state index contributed by atoms with van der Waals surface area (Å²) in [5.41, 5.74) is 4.77. The second kappa shape index (κ2) is 18.1. The third-order valence-electron chi connectivity index (χ3n) is 9.51. The highest BCUT2D eigenvalue weighted by Gasteiger charge is 2.23. The molecule has 0 aliphatic carbocycles. The highest BCUT2D eigenvalue weighted by atomic mass is 16.5. The van der Waals surface area contributed by atoms with Gasteiger partial charge < -0.3 is 24.6 Å². The van der Waals surface area contributed by atoms with Crippen molar-refractivity contribution >= 4 is 34.8 Å². The molecular weight excluding hydrogens is 679 g/mol. The van der Waals surface area contributed by atoms with E-state index in [4.69, 9.17) is 9.47 Å². The molecule has 5 aromatic carbocycles. The molecule has 0 saturated carbocycles. The lowest BCUT2D eigenvalue weighted by atomic mass is 10.0. The summed E-state index contributed by atoms with van der Waals surface area (Å²) in [4.78, 5) is 57.2. The number of nitrogens with zero attached hydrogens (tertiary/aromatic N) is 2. The molecule has 1 saturated heterocycles. The van der Waals surface area contributed by atoms with Crippen LogP contribution >= 0.6 is 0 Å². The number of aryl methyl sites for hydroxylation is 2. The van der Waals surface area contributed by atoms with Crippen LogP contribution in [0, 0.1) is 13.8 Å². The lowest BCUT2D eigenvalue weighted by Crippen LogP contribution is -2.42. The third kappa shape index (κ3) is 9.67. The smallest absolute Gasteiger partial charge is 0.265 e.